The van der Waals surface area contributed by atoms with E-state index in [9.17, 15) is 0 Å². The van der Waals surface area contributed by atoms with Crippen molar-refractivity contribution in [3.05, 3.63) is 30.1 Å². The number of imidazole rings is 1. The van der Waals surface area contributed by atoms with Crippen LogP contribution in [0.3, 0.4) is 0 Å². The molecular weight excluding hydrogens is 234 g/mol. The summed E-state index contributed by atoms with van der Waals surface area (Å²) in [5.41, 5.74) is 2.39. The number of rotatable bonds is 3. The van der Waals surface area contributed by atoms with Crippen LogP contribution in [-0.4, -0.2) is 22.1 Å². The van der Waals surface area contributed by atoms with Crippen LogP contribution >= 0.6 is 0 Å². The van der Waals surface area contributed by atoms with Gasteiger partial charge in [-0.1, -0.05) is 19.1 Å². The SMILES string of the molecule is CCn1c(CC2NCCCC2C)nc2ccccc21. The summed E-state index contributed by atoms with van der Waals surface area (Å²) in [7, 11) is 0. The molecule has 2 unspecified atom stereocenters. The second-order valence-electron chi connectivity index (χ2n) is 5.65. The summed E-state index contributed by atoms with van der Waals surface area (Å²) in [6.45, 7) is 6.71. The Balaban J connectivity index is 1.91. The predicted octanol–water partition coefficient (Wildman–Crippen LogP) is 2.99. The van der Waals surface area contributed by atoms with Gasteiger partial charge in [-0.15, -0.1) is 0 Å². The van der Waals surface area contributed by atoms with Crippen molar-refractivity contribution in [1.29, 1.82) is 0 Å². The molecule has 1 aromatic carbocycles. The number of hydrogen-bond donors (Lipinski definition) is 1. The number of hydrogen-bond acceptors (Lipinski definition) is 2. The Morgan fingerprint density at radius 1 is 1.37 bits per heavy atom. The van der Waals surface area contributed by atoms with E-state index < -0.39 is 0 Å². The van der Waals surface area contributed by atoms with Gasteiger partial charge < -0.3 is 9.88 Å². The van der Waals surface area contributed by atoms with Gasteiger partial charge in [-0.05, 0) is 44.4 Å². The average Bonchev–Trinajstić information content (AvgIpc) is 2.78. The summed E-state index contributed by atoms with van der Waals surface area (Å²) in [5, 5.41) is 3.66. The van der Waals surface area contributed by atoms with Gasteiger partial charge >= 0.3 is 0 Å². The quantitative estimate of drug-likeness (QED) is 0.916. The smallest absolute Gasteiger partial charge is 0.111 e. The molecule has 0 amide bonds. The minimum absolute atomic E-state index is 0.580. The van der Waals surface area contributed by atoms with E-state index in [4.69, 9.17) is 4.98 Å². The molecule has 3 nitrogen and oxygen atoms in total. The van der Waals surface area contributed by atoms with Crippen molar-refractivity contribution in [1.82, 2.24) is 14.9 Å². The normalized spacial score (nSPS) is 23.9. The van der Waals surface area contributed by atoms with Gasteiger partial charge in [-0.25, -0.2) is 4.98 Å². The second kappa shape index (κ2) is 5.33. The van der Waals surface area contributed by atoms with Crippen LogP contribution in [0.2, 0.25) is 0 Å². The average molecular weight is 257 g/mol. The monoisotopic (exact) mass is 257 g/mol. The molecule has 1 fully saturated rings. The van der Waals surface area contributed by atoms with Gasteiger partial charge in [-0.2, -0.15) is 0 Å². The van der Waals surface area contributed by atoms with E-state index >= 15 is 0 Å². The highest BCUT2D eigenvalue weighted by Gasteiger charge is 2.23. The maximum Gasteiger partial charge on any atom is 0.111 e. The van der Waals surface area contributed by atoms with E-state index in [-0.39, 0.29) is 0 Å². The number of para-hydroxylation sites is 2. The third-order valence-corrected chi connectivity index (χ3v) is 4.38. The predicted molar refractivity (Wildman–Crippen MR) is 79.3 cm³/mol. The second-order valence-corrected chi connectivity index (χ2v) is 5.65. The molecule has 2 atom stereocenters. The van der Waals surface area contributed by atoms with E-state index in [1.165, 1.54) is 24.2 Å². The minimum Gasteiger partial charge on any atom is -0.328 e. The van der Waals surface area contributed by atoms with Crippen LogP contribution in [0.4, 0.5) is 0 Å². The molecule has 1 aliphatic heterocycles. The van der Waals surface area contributed by atoms with Gasteiger partial charge in [0.05, 0.1) is 11.0 Å². The zero-order chi connectivity index (χ0) is 13.2. The molecule has 19 heavy (non-hydrogen) atoms. The van der Waals surface area contributed by atoms with E-state index in [0.717, 1.165) is 30.9 Å². The highest BCUT2D eigenvalue weighted by atomic mass is 15.1. The summed E-state index contributed by atoms with van der Waals surface area (Å²) in [6, 6.07) is 9.04. The van der Waals surface area contributed by atoms with Crippen molar-refractivity contribution >= 4 is 11.0 Å². The van der Waals surface area contributed by atoms with Crippen LogP contribution in [-0.2, 0) is 13.0 Å². The molecule has 0 aliphatic carbocycles. The molecule has 2 aromatic rings. The Hall–Kier alpha value is -1.35. The maximum absolute atomic E-state index is 4.84. The molecule has 3 rings (SSSR count). The van der Waals surface area contributed by atoms with Crippen LogP contribution in [0.25, 0.3) is 11.0 Å². The maximum atomic E-state index is 4.84. The molecule has 3 heteroatoms. The Kier molecular flexibility index (Phi) is 3.56. The molecule has 1 saturated heterocycles. The number of aromatic nitrogens is 2. The Labute approximate surface area is 115 Å². The zero-order valence-corrected chi connectivity index (χ0v) is 11.9. The third kappa shape index (κ3) is 2.39. The van der Waals surface area contributed by atoms with Gasteiger partial charge in [0.15, 0.2) is 0 Å². The van der Waals surface area contributed by atoms with Gasteiger partial charge in [0.2, 0.25) is 0 Å². The van der Waals surface area contributed by atoms with Crippen molar-refractivity contribution in [2.45, 2.75) is 45.7 Å². The fourth-order valence-electron chi connectivity index (χ4n) is 3.22. The first-order chi connectivity index (χ1) is 9.29. The summed E-state index contributed by atoms with van der Waals surface area (Å²) in [4.78, 5) is 4.84. The van der Waals surface area contributed by atoms with Crippen molar-refractivity contribution in [2.24, 2.45) is 5.92 Å². The molecule has 102 valence electrons. The van der Waals surface area contributed by atoms with Crippen LogP contribution in [0.1, 0.15) is 32.5 Å². The number of nitrogens with zero attached hydrogens (tertiary/aromatic N) is 2. The lowest BCUT2D eigenvalue weighted by Crippen LogP contribution is -2.42. The Morgan fingerprint density at radius 3 is 3.00 bits per heavy atom. The number of aryl methyl sites for hydroxylation is 1. The summed E-state index contributed by atoms with van der Waals surface area (Å²) in [5.74, 6) is 1.98. The number of fused-ring (bicyclic) bond motifs is 1. The van der Waals surface area contributed by atoms with Crippen molar-refractivity contribution in [2.75, 3.05) is 6.54 Å². The topological polar surface area (TPSA) is 29.9 Å². The highest BCUT2D eigenvalue weighted by molar-refractivity contribution is 5.75. The van der Waals surface area contributed by atoms with Crippen LogP contribution in [0.15, 0.2) is 24.3 Å². The summed E-state index contributed by atoms with van der Waals surface area (Å²) in [6.07, 6.45) is 3.69. The fourth-order valence-corrected chi connectivity index (χ4v) is 3.22. The molecule has 0 saturated carbocycles. The molecule has 1 aliphatic rings. The van der Waals surface area contributed by atoms with Gasteiger partial charge in [0.25, 0.3) is 0 Å². The van der Waals surface area contributed by atoms with E-state index in [1.807, 2.05) is 0 Å². The van der Waals surface area contributed by atoms with Crippen molar-refractivity contribution in [3.8, 4) is 0 Å². The van der Waals surface area contributed by atoms with E-state index in [0.29, 0.717) is 6.04 Å². The molecule has 1 aromatic heterocycles. The number of benzene rings is 1. The Morgan fingerprint density at radius 2 is 2.21 bits per heavy atom. The third-order valence-electron chi connectivity index (χ3n) is 4.38. The summed E-state index contributed by atoms with van der Waals surface area (Å²) >= 11 is 0. The fraction of sp³-hybridized carbons (Fsp3) is 0.562. The molecule has 2 heterocycles. The van der Waals surface area contributed by atoms with Gasteiger partial charge in [0.1, 0.15) is 5.82 Å². The molecule has 0 bridgehead atoms. The molecule has 0 spiro atoms. The minimum atomic E-state index is 0.580. The molecule has 0 radical (unpaired) electrons. The first kappa shape index (κ1) is 12.7. The number of piperidine rings is 1. The Bertz CT molecular complexity index is 558. The largest absolute Gasteiger partial charge is 0.328 e. The first-order valence-electron chi connectivity index (χ1n) is 7.47. The lowest BCUT2D eigenvalue weighted by molar-refractivity contribution is 0.293. The van der Waals surface area contributed by atoms with E-state index in [2.05, 4.69) is 48.0 Å². The van der Waals surface area contributed by atoms with Crippen molar-refractivity contribution < 1.29 is 0 Å². The van der Waals surface area contributed by atoms with E-state index in [1.54, 1.807) is 0 Å². The first-order valence-corrected chi connectivity index (χ1v) is 7.47. The van der Waals surface area contributed by atoms with Crippen LogP contribution in [0, 0.1) is 5.92 Å². The van der Waals surface area contributed by atoms with Gasteiger partial charge in [-0.3, -0.25) is 0 Å². The van der Waals surface area contributed by atoms with Crippen molar-refractivity contribution in [3.63, 3.8) is 0 Å². The highest BCUT2D eigenvalue weighted by Crippen LogP contribution is 2.22. The number of nitrogens with one attached hydrogen (secondary N) is 1. The lowest BCUT2D eigenvalue weighted by atomic mass is 9.90. The standard InChI is InChI=1S/C16H23N3/c1-3-19-15-9-5-4-8-13(15)18-16(19)11-14-12(2)7-6-10-17-14/h4-5,8-9,12,14,17H,3,6-7,10-11H2,1-2H3. The van der Waals surface area contributed by atoms with Gasteiger partial charge in [0, 0.05) is 19.0 Å². The molecule has 1 N–H and O–H groups in total. The van der Waals surface area contributed by atoms with Crippen LogP contribution in [0.5, 0.6) is 0 Å². The molecular formula is C16H23N3. The lowest BCUT2D eigenvalue weighted by Gasteiger charge is -2.30. The zero-order valence-electron chi connectivity index (χ0n) is 11.9. The van der Waals surface area contributed by atoms with Crippen LogP contribution < -0.4 is 5.32 Å². The summed E-state index contributed by atoms with van der Waals surface area (Å²) < 4.78 is 2.36.